The number of aldehydes is 1. The van der Waals surface area contributed by atoms with Crippen molar-refractivity contribution in [2.45, 2.75) is 25.2 Å². The minimum Gasteiger partial charge on any atom is -0.296 e. The van der Waals surface area contributed by atoms with Crippen LogP contribution in [-0.2, 0) is 7.05 Å². The average Bonchev–Trinajstić information content (AvgIpc) is 2.25. The van der Waals surface area contributed by atoms with Crippen LogP contribution in [0.5, 0.6) is 0 Å². The number of aryl methyl sites for hydroxylation is 1. The summed E-state index contributed by atoms with van der Waals surface area (Å²) in [4.78, 5) is 10.7. The van der Waals surface area contributed by atoms with Crippen LogP contribution >= 0.6 is 15.9 Å². The van der Waals surface area contributed by atoms with Crippen molar-refractivity contribution in [2.75, 3.05) is 0 Å². The maximum Gasteiger partial charge on any atom is 0.169 e. The summed E-state index contributed by atoms with van der Waals surface area (Å²) in [7, 11) is 1.80. The molecule has 0 spiro atoms. The molecule has 1 fully saturated rings. The monoisotopic (exact) mass is 242 g/mol. The van der Waals surface area contributed by atoms with E-state index >= 15 is 0 Å². The molecule has 0 unspecified atom stereocenters. The Morgan fingerprint density at radius 3 is 2.69 bits per heavy atom. The van der Waals surface area contributed by atoms with Crippen LogP contribution in [0.15, 0.2) is 4.47 Å². The summed E-state index contributed by atoms with van der Waals surface area (Å²) in [6, 6.07) is 0. The SMILES string of the molecule is Cn1nc(C2CCC2)c(Br)c1C=O. The molecule has 13 heavy (non-hydrogen) atoms. The quantitative estimate of drug-likeness (QED) is 0.747. The maximum atomic E-state index is 10.7. The number of halogens is 1. The second-order valence-corrected chi connectivity index (χ2v) is 4.25. The van der Waals surface area contributed by atoms with E-state index in [2.05, 4.69) is 21.0 Å². The van der Waals surface area contributed by atoms with Gasteiger partial charge in [-0.1, -0.05) is 6.42 Å². The van der Waals surface area contributed by atoms with Gasteiger partial charge in [0.2, 0.25) is 0 Å². The van der Waals surface area contributed by atoms with Gasteiger partial charge >= 0.3 is 0 Å². The van der Waals surface area contributed by atoms with Crippen molar-refractivity contribution in [2.24, 2.45) is 7.05 Å². The fourth-order valence-corrected chi connectivity index (χ4v) is 2.36. The molecule has 0 radical (unpaired) electrons. The first-order valence-corrected chi connectivity index (χ1v) is 5.21. The Balaban J connectivity index is 2.40. The minimum atomic E-state index is 0.564. The van der Waals surface area contributed by atoms with Crippen LogP contribution in [0.25, 0.3) is 0 Å². The number of nitrogens with zero attached hydrogens (tertiary/aromatic N) is 2. The van der Waals surface area contributed by atoms with Gasteiger partial charge in [0.05, 0.1) is 10.2 Å². The Morgan fingerprint density at radius 1 is 1.62 bits per heavy atom. The van der Waals surface area contributed by atoms with E-state index < -0.39 is 0 Å². The summed E-state index contributed by atoms with van der Waals surface area (Å²) in [5.41, 5.74) is 1.69. The van der Waals surface area contributed by atoms with Gasteiger partial charge < -0.3 is 0 Å². The van der Waals surface area contributed by atoms with Gasteiger partial charge in [0, 0.05) is 13.0 Å². The minimum absolute atomic E-state index is 0.564. The number of rotatable bonds is 2. The summed E-state index contributed by atoms with van der Waals surface area (Å²) < 4.78 is 2.53. The lowest BCUT2D eigenvalue weighted by molar-refractivity contribution is 0.111. The molecule has 1 saturated carbocycles. The highest BCUT2D eigenvalue weighted by atomic mass is 79.9. The predicted molar refractivity (Wildman–Crippen MR) is 52.9 cm³/mol. The van der Waals surface area contributed by atoms with E-state index in [0.717, 1.165) is 16.5 Å². The Kier molecular flexibility index (Phi) is 2.24. The number of hydrogen-bond acceptors (Lipinski definition) is 2. The third-order valence-electron chi connectivity index (χ3n) is 2.66. The van der Waals surface area contributed by atoms with Gasteiger partial charge in [-0.15, -0.1) is 0 Å². The Bertz CT molecular complexity index is 342. The fraction of sp³-hybridized carbons (Fsp3) is 0.556. The van der Waals surface area contributed by atoms with Gasteiger partial charge in [-0.05, 0) is 28.8 Å². The number of carbonyl (C=O) groups excluding carboxylic acids is 1. The van der Waals surface area contributed by atoms with Crippen molar-refractivity contribution >= 4 is 22.2 Å². The molecular weight excluding hydrogens is 232 g/mol. The molecule has 0 N–H and O–H groups in total. The molecular formula is C9H11BrN2O. The summed E-state index contributed by atoms with van der Waals surface area (Å²) in [5.74, 6) is 0.564. The van der Waals surface area contributed by atoms with E-state index in [1.165, 1.54) is 19.3 Å². The van der Waals surface area contributed by atoms with E-state index in [-0.39, 0.29) is 0 Å². The van der Waals surface area contributed by atoms with Crippen molar-refractivity contribution in [1.29, 1.82) is 0 Å². The van der Waals surface area contributed by atoms with E-state index in [0.29, 0.717) is 11.6 Å². The van der Waals surface area contributed by atoms with Gasteiger partial charge in [0.25, 0.3) is 0 Å². The van der Waals surface area contributed by atoms with Crippen LogP contribution in [0.3, 0.4) is 0 Å². The molecule has 0 bridgehead atoms. The normalized spacial score (nSPS) is 17.1. The lowest BCUT2D eigenvalue weighted by atomic mass is 9.83. The van der Waals surface area contributed by atoms with E-state index in [1.54, 1.807) is 11.7 Å². The van der Waals surface area contributed by atoms with Crippen LogP contribution in [0, 0.1) is 0 Å². The summed E-state index contributed by atoms with van der Waals surface area (Å²) in [5, 5.41) is 4.34. The van der Waals surface area contributed by atoms with Crippen LogP contribution in [-0.4, -0.2) is 16.1 Å². The molecule has 3 nitrogen and oxygen atoms in total. The second kappa shape index (κ2) is 3.25. The predicted octanol–water partition coefficient (Wildman–Crippen LogP) is 2.26. The number of aromatic nitrogens is 2. The summed E-state index contributed by atoms with van der Waals surface area (Å²) in [6.45, 7) is 0. The van der Waals surface area contributed by atoms with E-state index in [4.69, 9.17) is 0 Å². The Morgan fingerprint density at radius 2 is 2.31 bits per heavy atom. The zero-order chi connectivity index (χ0) is 9.42. The standard InChI is InChI=1S/C9H11BrN2O/c1-12-7(5-13)8(10)9(11-12)6-3-2-4-6/h5-6H,2-4H2,1H3. The fourth-order valence-electron chi connectivity index (χ4n) is 1.60. The molecule has 1 heterocycles. The highest BCUT2D eigenvalue weighted by molar-refractivity contribution is 9.10. The topological polar surface area (TPSA) is 34.9 Å². The van der Waals surface area contributed by atoms with Crippen LogP contribution in [0.1, 0.15) is 41.4 Å². The molecule has 1 aromatic rings. The molecule has 0 aromatic carbocycles. The van der Waals surface area contributed by atoms with Gasteiger partial charge in [-0.2, -0.15) is 5.10 Å². The van der Waals surface area contributed by atoms with Crippen molar-refractivity contribution < 1.29 is 4.79 Å². The summed E-state index contributed by atoms with van der Waals surface area (Å²) in [6.07, 6.45) is 4.53. The van der Waals surface area contributed by atoms with Crippen LogP contribution in [0.4, 0.5) is 0 Å². The maximum absolute atomic E-state index is 10.7. The molecule has 1 aromatic heterocycles. The molecule has 2 rings (SSSR count). The molecule has 1 aliphatic rings. The molecule has 0 aliphatic heterocycles. The smallest absolute Gasteiger partial charge is 0.169 e. The van der Waals surface area contributed by atoms with Gasteiger partial charge in [0.1, 0.15) is 5.69 Å². The molecule has 0 amide bonds. The van der Waals surface area contributed by atoms with Crippen LogP contribution < -0.4 is 0 Å². The van der Waals surface area contributed by atoms with Gasteiger partial charge in [0.15, 0.2) is 6.29 Å². The lowest BCUT2D eigenvalue weighted by Crippen LogP contribution is -2.10. The van der Waals surface area contributed by atoms with Crippen molar-refractivity contribution in [1.82, 2.24) is 9.78 Å². The van der Waals surface area contributed by atoms with E-state index in [9.17, 15) is 4.79 Å². The van der Waals surface area contributed by atoms with Crippen molar-refractivity contribution in [3.63, 3.8) is 0 Å². The largest absolute Gasteiger partial charge is 0.296 e. The highest BCUT2D eigenvalue weighted by Gasteiger charge is 2.26. The van der Waals surface area contributed by atoms with Crippen molar-refractivity contribution in [3.05, 3.63) is 15.9 Å². The molecule has 0 saturated heterocycles. The molecule has 1 aliphatic carbocycles. The zero-order valence-corrected chi connectivity index (χ0v) is 9.04. The van der Waals surface area contributed by atoms with Gasteiger partial charge in [-0.25, -0.2) is 0 Å². The average molecular weight is 243 g/mol. The van der Waals surface area contributed by atoms with Crippen molar-refractivity contribution in [3.8, 4) is 0 Å². The van der Waals surface area contributed by atoms with E-state index in [1.807, 2.05) is 0 Å². The number of carbonyl (C=O) groups is 1. The highest BCUT2D eigenvalue weighted by Crippen LogP contribution is 2.39. The first kappa shape index (κ1) is 8.94. The third kappa shape index (κ3) is 1.33. The molecule has 0 atom stereocenters. The molecule has 4 heteroatoms. The molecule has 70 valence electrons. The lowest BCUT2D eigenvalue weighted by Gasteiger charge is -2.23. The Hall–Kier alpha value is -0.640. The van der Waals surface area contributed by atoms with Gasteiger partial charge in [-0.3, -0.25) is 9.48 Å². The number of hydrogen-bond donors (Lipinski definition) is 0. The second-order valence-electron chi connectivity index (χ2n) is 3.45. The van der Waals surface area contributed by atoms with Crippen LogP contribution in [0.2, 0.25) is 0 Å². The summed E-state index contributed by atoms with van der Waals surface area (Å²) >= 11 is 3.42. The first-order chi connectivity index (χ1) is 6.24. The third-order valence-corrected chi connectivity index (χ3v) is 3.47. The Labute approximate surface area is 85.3 Å². The zero-order valence-electron chi connectivity index (χ0n) is 7.46. The first-order valence-electron chi connectivity index (χ1n) is 4.41.